The Morgan fingerprint density at radius 3 is 2.28 bits per heavy atom. The van der Waals surface area contributed by atoms with Crippen molar-refractivity contribution in [2.45, 2.75) is 6.92 Å². The van der Waals surface area contributed by atoms with Crippen LogP contribution in [0, 0.1) is 10.1 Å². The van der Waals surface area contributed by atoms with Gasteiger partial charge in [0.1, 0.15) is 5.75 Å². The van der Waals surface area contributed by atoms with Gasteiger partial charge in [-0.25, -0.2) is 9.24 Å². The van der Waals surface area contributed by atoms with Crippen LogP contribution >= 0.6 is 7.75 Å². The van der Waals surface area contributed by atoms with E-state index in [1.165, 1.54) is 28.9 Å². The number of hydrogen-bond acceptors (Lipinski definition) is 5. The van der Waals surface area contributed by atoms with E-state index in [1.807, 2.05) is 0 Å². The monoisotopic (exact) mass is 274 g/mol. The summed E-state index contributed by atoms with van der Waals surface area (Å²) in [5, 5.41) is 10.5. The molecule has 1 atom stereocenters. The molecule has 0 amide bonds. The van der Waals surface area contributed by atoms with Crippen molar-refractivity contribution in [1.82, 2.24) is 4.67 Å². The van der Waals surface area contributed by atoms with Crippen molar-refractivity contribution >= 4 is 13.4 Å². The highest BCUT2D eigenvalue weighted by atomic mass is 31.2. The minimum Gasteiger partial charge on any atom is -0.413 e. The Bertz CT molecular complexity index is 460. The zero-order valence-electron chi connectivity index (χ0n) is 10.4. The standard InChI is InChI=1S/C10H15N2O5P/c1-4-16-18(15,11(2)3)17-10-7-5-9(6-8-10)12(13)14/h5-8H,4H2,1-3H3. The number of nitro groups is 1. The molecule has 0 heterocycles. The zero-order valence-corrected chi connectivity index (χ0v) is 11.3. The number of nitro benzene ring substituents is 1. The topological polar surface area (TPSA) is 81.9 Å². The summed E-state index contributed by atoms with van der Waals surface area (Å²) in [6.07, 6.45) is 0. The number of benzene rings is 1. The quantitative estimate of drug-likeness (QED) is 0.450. The molecule has 100 valence electrons. The normalized spacial score (nSPS) is 14.2. The summed E-state index contributed by atoms with van der Waals surface area (Å²) in [7, 11) is -0.246. The smallest absolute Gasteiger partial charge is 0.413 e. The van der Waals surface area contributed by atoms with Crippen LogP contribution in [0.2, 0.25) is 0 Å². The van der Waals surface area contributed by atoms with Crippen LogP contribution in [-0.2, 0) is 9.09 Å². The van der Waals surface area contributed by atoms with Crippen LogP contribution < -0.4 is 4.52 Å². The Balaban J connectivity index is 2.88. The number of hydrogen-bond donors (Lipinski definition) is 0. The van der Waals surface area contributed by atoms with Gasteiger partial charge in [0, 0.05) is 12.1 Å². The Hall–Kier alpha value is -1.43. The number of non-ortho nitro benzene ring substituents is 1. The summed E-state index contributed by atoms with van der Waals surface area (Å²) in [6.45, 7) is 1.94. The second-order valence-electron chi connectivity index (χ2n) is 3.58. The maximum Gasteiger partial charge on any atom is 0.460 e. The average molecular weight is 274 g/mol. The predicted molar refractivity (Wildman–Crippen MR) is 66.6 cm³/mol. The molecule has 1 unspecified atom stereocenters. The van der Waals surface area contributed by atoms with E-state index in [0.717, 1.165) is 0 Å². The predicted octanol–water partition coefficient (Wildman–Crippen LogP) is 2.68. The molecule has 0 spiro atoms. The van der Waals surface area contributed by atoms with Crippen molar-refractivity contribution in [1.29, 1.82) is 0 Å². The van der Waals surface area contributed by atoms with Crippen LogP contribution in [-0.4, -0.2) is 30.3 Å². The molecule has 0 saturated heterocycles. The minimum atomic E-state index is -3.39. The van der Waals surface area contributed by atoms with Gasteiger partial charge in [-0.05, 0) is 33.2 Å². The van der Waals surface area contributed by atoms with Crippen molar-refractivity contribution in [3.63, 3.8) is 0 Å². The fourth-order valence-electron chi connectivity index (χ4n) is 1.15. The van der Waals surface area contributed by atoms with Gasteiger partial charge >= 0.3 is 7.75 Å². The van der Waals surface area contributed by atoms with Gasteiger partial charge in [-0.15, -0.1) is 0 Å². The van der Waals surface area contributed by atoms with Gasteiger partial charge in [-0.3, -0.25) is 14.6 Å². The van der Waals surface area contributed by atoms with Crippen LogP contribution in [0.15, 0.2) is 24.3 Å². The number of rotatable bonds is 6. The molecule has 0 radical (unpaired) electrons. The second-order valence-corrected chi connectivity index (χ2v) is 5.75. The second kappa shape index (κ2) is 5.95. The lowest BCUT2D eigenvalue weighted by molar-refractivity contribution is -0.384. The molecule has 0 fully saturated rings. The fourth-order valence-corrected chi connectivity index (χ4v) is 2.31. The Labute approximate surface area is 105 Å². The van der Waals surface area contributed by atoms with Gasteiger partial charge in [-0.1, -0.05) is 0 Å². The maximum absolute atomic E-state index is 12.2. The average Bonchev–Trinajstić information content (AvgIpc) is 2.29. The molecule has 1 aromatic rings. The summed E-state index contributed by atoms with van der Waals surface area (Å²) in [5.74, 6) is 0.256. The molecule has 0 bridgehead atoms. The van der Waals surface area contributed by atoms with Gasteiger partial charge in [0.2, 0.25) is 0 Å². The molecule has 1 aromatic carbocycles. The largest absolute Gasteiger partial charge is 0.460 e. The molecule has 0 saturated carbocycles. The van der Waals surface area contributed by atoms with Crippen molar-refractivity contribution in [2.24, 2.45) is 0 Å². The van der Waals surface area contributed by atoms with Crippen LogP contribution in [0.4, 0.5) is 5.69 Å². The summed E-state index contributed by atoms with van der Waals surface area (Å²) < 4.78 is 24.0. The van der Waals surface area contributed by atoms with Gasteiger partial charge in [0.25, 0.3) is 5.69 Å². The van der Waals surface area contributed by atoms with E-state index >= 15 is 0 Å². The SMILES string of the molecule is CCOP(=O)(Oc1ccc([N+](=O)[O-])cc1)N(C)C. The van der Waals surface area contributed by atoms with Crippen LogP contribution in [0.5, 0.6) is 5.75 Å². The van der Waals surface area contributed by atoms with Gasteiger partial charge < -0.3 is 4.52 Å². The Morgan fingerprint density at radius 1 is 1.33 bits per heavy atom. The molecular formula is C10H15N2O5P. The summed E-state index contributed by atoms with van der Waals surface area (Å²) >= 11 is 0. The van der Waals surface area contributed by atoms with Gasteiger partial charge in [-0.2, -0.15) is 0 Å². The van der Waals surface area contributed by atoms with Crippen molar-refractivity contribution in [3.05, 3.63) is 34.4 Å². The molecule has 0 aliphatic rings. The summed E-state index contributed by atoms with van der Waals surface area (Å²) in [4.78, 5) is 9.97. The molecule has 0 N–H and O–H groups in total. The molecule has 18 heavy (non-hydrogen) atoms. The first-order chi connectivity index (χ1) is 8.39. The third kappa shape index (κ3) is 3.53. The zero-order chi connectivity index (χ0) is 13.8. The third-order valence-electron chi connectivity index (χ3n) is 2.05. The molecule has 8 heteroatoms. The van der Waals surface area contributed by atoms with Crippen LogP contribution in [0.25, 0.3) is 0 Å². The van der Waals surface area contributed by atoms with E-state index in [2.05, 4.69) is 0 Å². The van der Waals surface area contributed by atoms with Crippen molar-refractivity contribution < 1.29 is 18.5 Å². The van der Waals surface area contributed by atoms with E-state index in [-0.39, 0.29) is 18.0 Å². The lowest BCUT2D eigenvalue weighted by Gasteiger charge is -2.23. The van der Waals surface area contributed by atoms with E-state index in [1.54, 1.807) is 21.0 Å². The highest BCUT2D eigenvalue weighted by molar-refractivity contribution is 7.51. The summed E-state index contributed by atoms with van der Waals surface area (Å²) in [6, 6.07) is 5.32. The third-order valence-corrected chi connectivity index (χ3v) is 4.06. The first-order valence-electron chi connectivity index (χ1n) is 5.25. The van der Waals surface area contributed by atoms with Crippen LogP contribution in [0.1, 0.15) is 6.92 Å². The van der Waals surface area contributed by atoms with Gasteiger partial charge in [0.15, 0.2) is 0 Å². The van der Waals surface area contributed by atoms with Gasteiger partial charge in [0.05, 0.1) is 11.5 Å². The molecule has 0 aromatic heterocycles. The highest BCUT2D eigenvalue weighted by Crippen LogP contribution is 2.49. The Kier molecular flexibility index (Phi) is 4.84. The highest BCUT2D eigenvalue weighted by Gasteiger charge is 2.29. The molecule has 0 aliphatic heterocycles. The maximum atomic E-state index is 12.2. The first kappa shape index (κ1) is 14.6. The first-order valence-corrected chi connectivity index (χ1v) is 6.75. The summed E-state index contributed by atoms with van der Waals surface area (Å²) in [5.41, 5.74) is -0.0570. The minimum absolute atomic E-state index is 0.0570. The van der Waals surface area contributed by atoms with Crippen LogP contribution in [0.3, 0.4) is 0 Å². The molecule has 7 nitrogen and oxygen atoms in total. The van der Waals surface area contributed by atoms with E-state index in [9.17, 15) is 14.7 Å². The number of nitrogens with zero attached hydrogens (tertiary/aromatic N) is 2. The molecular weight excluding hydrogens is 259 g/mol. The van der Waals surface area contributed by atoms with E-state index < -0.39 is 12.7 Å². The van der Waals surface area contributed by atoms with E-state index in [4.69, 9.17) is 9.05 Å². The fraction of sp³-hybridized carbons (Fsp3) is 0.400. The van der Waals surface area contributed by atoms with E-state index in [0.29, 0.717) is 0 Å². The molecule has 1 rings (SSSR count). The Morgan fingerprint density at radius 2 is 1.89 bits per heavy atom. The van der Waals surface area contributed by atoms with Crippen molar-refractivity contribution in [3.8, 4) is 5.75 Å². The molecule has 0 aliphatic carbocycles. The lowest BCUT2D eigenvalue weighted by atomic mass is 10.3. The van der Waals surface area contributed by atoms with Crippen molar-refractivity contribution in [2.75, 3.05) is 20.7 Å². The lowest BCUT2D eigenvalue weighted by Crippen LogP contribution is -2.15.